The summed E-state index contributed by atoms with van der Waals surface area (Å²) in [5.41, 5.74) is 4.31. The molecule has 5 rings (SSSR count). The Morgan fingerprint density at radius 3 is 1.98 bits per heavy atom. The number of hydrogen-bond donors (Lipinski definition) is 0. The summed E-state index contributed by atoms with van der Waals surface area (Å²) in [4.78, 5) is 0. The molecule has 1 saturated heterocycles. The molecule has 0 atom stereocenters. The van der Waals surface area contributed by atoms with Crippen LogP contribution in [0.1, 0.15) is 76.6 Å². The average molecular weight is 637 g/mol. The van der Waals surface area contributed by atoms with E-state index in [-0.39, 0.29) is 0 Å². The summed E-state index contributed by atoms with van der Waals surface area (Å²) in [5, 5.41) is 0. The van der Waals surface area contributed by atoms with Gasteiger partial charge in [-0.15, -0.1) is 0 Å². The van der Waals surface area contributed by atoms with Crippen molar-refractivity contribution in [3.05, 3.63) is 107 Å². The molecule has 0 N–H and O–H groups in total. The number of para-hydroxylation sites is 1. The van der Waals surface area contributed by atoms with E-state index in [9.17, 15) is 0 Å². The van der Waals surface area contributed by atoms with E-state index < -0.39 is 18.3 Å². The molecular weight excluding hydrogens is 587 g/mol. The number of rotatable bonds is 15. The Hall–Kier alpha value is -3.94. The van der Waals surface area contributed by atoms with Crippen LogP contribution in [-0.4, -0.2) is 31.5 Å². The summed E-state index contributed by atoms with van der Waals surface area (Å²) in [5.74, 6) is 4.06. The van der Waals surface area contributed by atoms with E-state index >= 15 is 0 Å². The Morgan fingerprint density at radius 1 is 0.660 bits per heavy atom. The Kier molecular flexibility index (Phi) is 11.2. The highest BCUT2D eigenvalue weighted by Crippen LogP contribution is 2.38. The Balaban J connectivity index is 1.28. The molecule has 4 aromatic carbocycles. The first kappa shape index (κ1) is 34.4. The molecule has 1 aliphatic heterocycles. The Labute approximate surface area is 281 Å². The second kappa shape index (κ2) is 15.3. The van der Waals surface area contributed by atoms with Crippen LogP contribution in [0.2, 0.25) is 0 Å². The quantitative estimate of drug-likeness (QED) is 0.0959. The van der Waals surface area contributed by atoms with Gasteiger partial charge in [0.2, 0.25) is 0 Å². The predicted molar refractivity (Wildman–Crippen MR) is 190 cm³/mol. The fourth-order valence-corrected chi connectivity index (χ4v) is 5.54. The van der Waals surface area contributed by atoms with Crippen molar-refractivity contribution < 1.29 is 28.3 Å². The van der Waals surface area contributed by atoms with Gasteiger partial charge >= 0.3 is 7.12 Å². The van der Waals surface area contributed by atoms with E-state index in [0.717, 1.165) is 76.4 Å². The lowest BCUT2D eigenvalue weighted by atomic mass is 9.77. The molecule has 1 heterocycles. The number of benzene rings is 4. The van der Waals surface area contributed by atoms with E-state index in [1.54, 1.807) is 0 Å². The third kappa shape index (κ3) is 8.32. The molecule has 7 heteroatoms. The molecule has 4 aromatic rings. The lowest BCUT2D eigenvalue weighted by Gasteiger charge is -2.32. The van der Waals surface area contributed by atoms with E-state index in [1.807, 2.05) is 60.7 Å². The highest BCUT2D eigenvalue weighted by atomic mass is 16.7. The third-order valence-corrected chi connectivity index (χ3v) is 9.03. The van der Waals surface area contributed by atoms with E-state index in [1.165, 1.54) is 0 Å². The molecule has 0 amide bonds. The summed E-state index contributed by atoms with van der Waals surface area (Å²) in [6.07, 6.45) is 3.38. The van der Waals surface area contributed by atoms with Gasteiger partial charge in [-0.25, -0.2) is 0 Å². The van der Waals surface area contributed by atoms with Crippen molar-refractivity contribution in [3.63, 3.8) is 0 Å². The average Bonchev–Trinajstić information content (AvgIpc) is 3.28. The smallest absolute Gasteiger partial charge is 0.493 e. The molecule has 0 aliphatic carbocycles. The maximum Gasteiger partial charge on any atom is 0.498 e. The number of hydrogen-bond acceptors (Lipinski definition) is 6. The maximum atomic E-state index is 6.44. The van der Waals surface area contributed by atoms with Gasteiger partial charge in [-0.1, -0.05) is 80.9 Å². The van der Waals surface area contributed by atoms with Crippen LogP contribution in [0.25, 0.3) is 0 Å². The van der Waals surface area contributed by atoms with E-state index in [2.05, 4.69) is 72.7 Å². The van der Waals surface area contributed by atoms with Gasteiger partial charge in [0, 0.05) is 23.5 Å². The fraction of sp³-hybridized carbons (Fsp3) is 0.400. The molecule has 0 saturated carbocycles. The Morgan fingerprint density at radius 2 is 1.30 bits per heavy atom. The second-order valence-corrected chi connectivity index (χ2v) is 13.1. The lowest BCUT2D eigenvalue weighted by molar-refractivity contribution is 0.00578. The minimum Gasteiger partial charge on any atom is -0.493 e. The van der Waals surface area contributed by atoms with Crippen LogP contribution >= 0.6 is 0 Å². The molecule has 1 fully saturated rings. The SMILES string of the molecule is CCCc1c(OCCCOc2cc(OCc3ccccc3)c(B3OC(C)(C)C(C)(C)O3)cc2CC)cccc1Oc1ccccc1C. The van der Waals surface area contributed by atoms with Crippen molar-refractivity contribution in [2.24, 2.45) is 0 Å². The summed E-state index contributed by atoms with van der Waals surface area (Å²) in [6.45, 7) is 16.1. The van der Waals surface area contributed by atoms with Crippen molar-refractivity contribution in [1.29, 1.82) is 0 Å². The van der Waals surface area contributed by atoms with E-state index in [4.69, 9.17) is 28.3 Å². The highest BCUT2D eigenvalue weighted by Gasteiger charge is 2.52. The first-order valence-electron chi connectivity index (χ1n) is 16.9. The summed E-state index contributed by atoms with van der Waals surface area (Å²) < 4.78 is 38.3. The number of aryl methyl sites for hydroxylation is 2. The van der Waals surface area contributed by atoms with Crippen LogP contribution in [0.4, 0.5) is 0 Å². The first-order valence-corrected chi connectivity index (χ1v) is 16.9. The molecule has 1 aliphatic rings. The monoisotopic (exact) mass is 636 g/mol. The van der Waals surface area contributed by atoms with Crippen molar-refractivity contribution in [3.8, 4) is 28.7 Å². The van der Waals surface area contributed by atoms with Crippen LogP contribution < -0.4 is 24.4 Å². The van der Waals surface area contributed by atoms with Gasteiger partial charge in [0.05, 0.1) is 24.4 Å². The Bertz CT molecular complexity index is 1600. The van der Waals surface area contributed by atoms with Gasteiger partial charge in [-0.2, -0.15) is 0 Å². The molecular formula is C40H49BO6. The standard InChI is InChI=1S/C40H49BO6/c1-8-17-32-35(22-15-23-36(32)45-34-21-14-13-18-29(34)3)42-24-16-25-43-37-27-38(44-28-30-19-11-10-12-20-30)33(26-31(37)9-2)41-46-39(4,5)40(6,7)47-41/h10-15,18-23,26-27H,8-9,16-17,24-25,28H2,1-7H3. The molecule has 0 spiro atoms. The van der Waals surface area contributed by atoms with Crippen molar-refractivity contribution >= 4 is 12.6 Å². The van der Waals surface area contributed by atoms with Crippen LogP contribution in [0.15, 0.2) is 84.9 Å². The van der Waals surface area contributed by atoms with Crippen molar-refractivity contribution in [2.75, 3.05) is 13.2 Å². The van der Waals surface area contributed by atoms with Gasteiger partial charge in [-0.05, 0) is 82.3 Å². The van der Waals surface area contributed by atoms with Crippen LogP contribution in [-0.2, 0) is 28.8 Å². The fourth-order valence-electron chi connectivity index (χ4n) is 5.54. The minimum absolute atomic E-state index is 0.429. The first-order chi connectivity index (χ1) is 22.6. The topological polar surface area (TPSA) is 55.4 Å². The van der Waals surface area contributed by atoms with Gasteiger partial charge in [-0.3, -0.25) is 0 Å². The van der Waals surface area contributed by atoms with Crippen molar-refractivity contribution in [1.82, 2.24) is 0 Å². The molecule has 47 heavy (non-hydrogen) atoms. The molecule has 0 unspecified atom stereocenters. The number of ether oxygens (including phenoxy) is 4. The maximum absolute atomic E-state index is 6.44. The van der Waals surface area contributed by atoms with Gasteiger partial charge in [0.1, 0.15) is 35.4 Å². The largest absolute Gasteiger partial charge is 0.498 e. The van der Waals surface area contributed by atoms with Crippen LogP contribution in [0.3, 0.4) is 0 Å². The minimum atomic E-state index is -0.540. The zero-order chi connectivity index (χ0) is 33.4. The summed E-state index contributed by atoms with van der Waals surface area (Å²) in [6, 6.07) is 28.4. The predicted octanol–water partition coefficient (Wildman–Crippen LogP) is 9.03. The zero-order valence-electron chi connectivity index (χ0n) is 29.1. The molecule has 6 nitrogen and oxygen atoms in total. The summed E-state index contributed by atoms with van der Waals surface area (Å²) in [7, 11) is -0.540. The van der Waals surface area contributed by atoms with Gasteiger partial charge in [0.25, 0.3) is 0 Å². The van der Waals surface area contributed by atoms with E-state index in [0.29, 0.717) is 25.6 Å². The molecule has 0 radical (unpaired) electrons. The normalized spacial score (nSPS) is 15.0. The third-order valence-electron chi connectivity index (χ3n) is 9.03. The highest BCUT2D eigenvalue weighted by molar-refractivity contribution is 6.63. The second-order valence-electron chi connectivity index (χ2n) is 13.1. The molecule has 0 bridgehead atoms. The van der Waals surface area contributed by atoms with Crippen LogP contribution in [0.5, 0.6) is 28.7 Å². The summed E-state index contributed by atoms with van der Waals surface area (Å²) >= 11 is 0. The van der Waals surface area contributed by atoms with Crippen LogP contribution in [0, 0.1) is 6.92 Å². The lowest BCUT2D eigenvalue weighted by Crippen LogP contribution is -2.41. The van der Waals surface area contributed by atoms with Crippen molar-refractivity contribution in [2.45, 2.75) is 92.0 Å². The zero-order valence-corrected chi connectivity index (χ0v) is 29.1. The molecule has 0 aromatic heterocycles. The van der Waals surface area contributed by atoms with Gasteiger partial charge in [0.15, 0.2) is 0 Å². The van der Waals surface area contributed by atoms with Gasteiger partial charge < -0.3 is 28.3 Å². The molecule has 248 valence electrons.